The maximum absolute atomic E-state index is 14.9. The molecule has 38 heavy (non-hydrogen) atoms. The summed E-state index contributed by atoms with van der Waals surface area (Å²) in [5.41, 5.74) is -4.10. The Labute approximate surface area is 214 Å². The van der Waals surface area contributed by atoms with Crippen LogP contribution in [0.4, 0.5) is 4.39 Å². The topological polar surface area (TPSA) is 191 Å². The summed E-state index contributed by atoms with van der Waals surface area (Å²) in [6.07, 6.45) is -11.7. The molecule has 0 bridgehead atoms. The van der Waals surface area contributed by atoms with Crippen LogP contribution in [0.15, 0.2) is 24.3 Å². The molecule has 0 amide bonds. The third-order valence-electron chi connectivity index (χ3n) is 7.50. The number of phenolic OH excluding ortho intramolecular Hbond substituents is 2. The van der Waals surface area contributed by atoms with Crippen molar-refractivity contribution in [3.8, 4) is 11.5 Å². The Hall–Kier alpha value is -3.26. The number of alkyl halides is 1. The van der Waals surface area contributed by atoms with E-state index in [1.54, 1.807) is 0 Å². The summed E-state index contributed by atoms with van der Waals surface area (Å²) in [6.45, 7) is 0.243. The Kier molecular flexibility index (Phi) is 6.37. The fourth-order valence-corrected chi connectivity index (χ4v) is 5.42. The molecule has 1 aliphatic heterocycles. The number of ketones is 3. The lowest BCUT2D eigenvalue weighted by molar-refractivity contribution is -0.294. The van der Waals surface area contributed by atoms with Crippen molar-refractivity contribution in [1.82, 2.24) is 0 Å². The first-order valence-electron chi connectivity index (χ1n) is 11.9. The minimum atomic E-state index is -2.38. The van der Waals surface area contributed by atoms with Crippen LogP contribution in [0.5, 0.6) is 11.5 Å². The molecule has 2 aliphatic carbocycles. The number of fused-ring (bicyclic) bond motifs is 3. The molecule has 0 unspecified atom stereocenters. The summed E-state index contributed by atoms with van der Waals surface area (Å²) in [7, 11) is 0. The van der Waals surface area contributed by atoms with Crippen LogP contribution in [0.25, 0.3) is 0 Å². The average Bonchev–Trinajstić information content (AvgIpc) is 2.90. The van der Waals surface area contributed by atoms with Crippen LogP contribution in [-0.2, 0) is 20.7 Å². The first kappa shape index (κ1) is 26.4. The standard InChI is InChI=1S/C26H25FO11/c1-9-19(30)24(35)18(27)25(37-9)38-13-7-26(36,14(29)8-28)6-12-15(13)23(34)17-16(22(12)33)20(31)10-4-2-3-5-11(10)21(17)32/h2-5,9,13,18-19,24-25,28,30,33-36H,6-8H2,1H3/t9-,13-,18+,19+,24-,25-,26-/m0/s1. The van der Waals surface area contributed by atoms with Gasteiger partial charge in [0, 0.05) is 35.1 Å². The van der Waals surface area contributed by atoms with Crippen molar-refractivity contribution in [2.24, 2.45) is 0 Å². The highest BCUT2D eigenvalue weighted by atomic mass is 19.1. The van der Waals surface area contributed by atoms with Gasteiger partial charge in [-0.25, -0.2) is 4.39 Å². The fourth-order valence-electron chi connectivity index (χ4n) is 5.42. The van der Waals surface area contributed by atoms with Gasteiger partial charge in [-0.3, -0.25) is 14.4 Å². The third-order valence-corrected chi connectivity index (χ3v) is 7.50. The van der Waals surface area contributed by atoms with Crippen LogP contribution in [0.3, 0.4) is 0 Å². The van der Waals surface area contributed by atoms with Crippen LogP contribution in [0, 0.1) is 0 Å². The molecule has 6 N–H and O–H groups in total. The monoisotopic (exact) mass is 532 g/mol. The van der Waals surface area contributed by atoms with Crippen molar-refractivity contribution in [1.29, 1.82) is 0 Å². The van der Waals surface area contributed by atoms with E-state index in [4.69, 9.17) is 9.47 Å². The molecular formula is C26H25FO11. The Morgan fingerprint density at radius 3 is 2.24 bits per heavy atom. The molecule has 3 aliphatic rings. The molecule has 2 aromatic rings. The van der Waals surface area contributed by atoms with Gasteiger partial charge in [0.2, 0.25) is 0 Å². The van der Waals surface area contributed by atoms with E-state index < -0.39 is 102 Å². The summed E-state index contributed by atoms with van der Waals surface area (Å²) >= 11 is 0. The van der Waals surface area contributed by atoms with E-state index in [0.717, 1.165) is 0 Å². The van der Waals surface area contributed by atoms with Crippen molar-refractivity contribution >= 4 is 17.3 Å². The van der Waals surface area contributed by atoms with Gasteiger partial charge >= 0.3 is 0 Å². The number of aliphatic hydroxyl groups is 4. The number of carbonyl (C=O) groups excluding carboxylic acids is 3. The second kappa shape index (κ2) is 9.19. The van der Waals surface area contributed by atoms with E-state index in [-0.39, 0.29) is 22.3 Å². The lowest BCUT2D eigenvalue weighted by Gasteiger charge is -2.43. The van der Waals surface area contributed by atoms with Crippen molar-refractivity contribution < 1.29 is 58.9 Å². The zero-order valence-electron chi connectivity index (χ0n) is 20.0. The summed E-state index contributed by atoms with van der Waals surface area (Å²) in [4.78, 5) is 39.1. The van der Waals surface area contributed by atoms with Crippen molar-refractivity contribution in [2.75, 3.05) is 6.61 Å². The van der Waals surface area contributed by atoms with Gasteiger partial charge in [0.15, 0.2) is 29.8 Å². The molecule has 1 heterocycles. The van der Waals surface area contributed by atoms with Gasteiger partial charge < -0.3 is 40.1 Å². The average molecular weight is 532 g/mol. The number of aliphatic hydroxyl groups excluding tert-OH is 3. The predicted molar refractivity (Wildman–Crippen MR) is 124 cm³/mol. The van der Waals surface area contributed by atoms with Gasteiger partial charge in [0.1, 0.15) is 35.9 Å². The first-order chi connectivity index (χ1) is 17.9. The molecule has 1 saturated heterocycles. The van der Waals surface area contributed by atoms with E-state index in [0.29, 0.717) is 0 Å². The van der Waals surface area contributed by atoms with E-state index in [1.165, 1.54) is 31.2 Å². The van der Waals surface area contributed by atoms with Crippen molar-refractivity contribution in [2.45, 2.75) is 62.2 Å². The Balaban J connectivity index is 1.68. The highest BCUT2D eigenvalue weighted by molar-refractivity contribution is 6.30. The smallest absolute Gasteiger partial charge is 0.198 e. The largest absolute Gasteiger partial charge is 0.507 e. The Morgan fingerprint density at radius 1 is 1.08 bits per heavy atom. The maximum atomic E-state index is 14.9. The highest BCUT2D eigenvalue weighted by Gasteiger charge is 2.51. The third kappa shape index (κ3) is 3.75. The number of carbonyl (C=O) groups is 3. The van der Waals surface area contributed by atoms with E-state index in [1.807, 2.05) is 0 Å². The minimum Gasteiger partial charge on any atom is -0.507 e. The number of rotatable bonds is 4. The van der Waals surface area contributed by atoms with E-state index >= 15 is 0 Å². The molecule has 1 fully saturated rings. The van der Waals surface area contributed by atoms with Gasteiger partial charge in [-0.2, -0.15) is 0 Å². The van der Waals surface area contributed by atoms with Gasteiger partial charge in [0.05, 0.1) is 23.3 Å². The van der Waals surface area contributed by atoms with Crippen molar-refractivity contribution in [3.05, 3.63) is 57.6 Å². The molecule has 12 heteroatoms. The molecule has 2 aromatic carbocycles. The van der Waals surface area contributed by atoms with Gasteiger partial charge in [-0.05, 0) is 6.92 Å². The molecular weight excluding hydrogens is 507 g/mol. The molecule has 0 spiro atoms. The van der Waals surface area contributed by atoms with Crippen LogP contribution in [0.2, 0.25) is 0 Å². The molecule has 0 radical (unpaired) electrons. The first-order valence-corrected chi connectivity index (χ1v) is 11.9. The maximum Gasteiger partial charge on any atom is 0.198 e. The van der Waals surface area contributed by atoms with E-state index in [9.17, 15) is 49.4 Å². The lowest BCUT2D eigenvalue weighted by Crippen LogP contribution is -2.56. The number of Topliss-reactive ketones (excluding diaryl/α,β-unsaturated/α-hetero) is 1. The number of ether oxygens (including phenoxy) is 2. The second-order valence-corrected chi connectivity index (χ2v) is 9.80. The normalized spacial score (nSPS) is 32.4. The fraction of sp³-hybridized carbons (Fsp3) is 0.423. The summed E-state index contributed by atoms with van der Waals surface area (Å²) < 4.78 is 25.9. The number of hydrogen-bond acceptors (Lipinski definition) is 11. The molecule has 5 rings (SSSR count). The second-order valence-electron chi connectivity index (χ2n) is 9.80. The summed E-state index contributed by atoms with van der Waals surface area (Å²) in [5, 5.41) is 63.0. The van der Waals surface area contributed by atoms with Crippen LogP contribution in [-0.4, -0.2) is 91.0 Å². The minimum absolute atomic E-state index is 0.0229. The summed E-state index contributed by atoms with van der Waals surface area (Å²) in [6, 6.07) is 5.77. The number of hydrogen-bond donors (Lipinski definition) is 6. The SMILES string of the molecule is C[C@@H]1O[C@@H](O[C@H]2C[C@](O)(C(=O)CO)Cc3c(O)c4c(c(O)c32)C(=O)c2ccccc2C4=O)[C@H](F)[C@H](O)[C@@H]1O. The number of aromatic hydroxyl groups is 2. The van der Waals surface area contributed by atoms with Crippen LogP contribution >= 0.6 is 0 Å². The number of halogens is 1. The number of benzene rings is 2. The van der Waals surface area contributed by atoms with E-state index in [2.05, 4.69) is 0 Å². The van der Waals surface area contributed by atoms with Crippen LogP contribution in [0.1, 0.15) is 62.4 Å². The quantitative estimate of drug-likeness (QED) is 0.247. The number of phenols is 2. The van der Waals surface area contributed by atoms with Crippen LogP contribution < -0.4 is 0 Å². The Morgan fingerprint density at radius 2 is 1.66 bits per heavy atom. The van der Waals surface area contributed by atoms with Gasteiger partial charge in [-0.1, -0.05) is 24.3 Å². The zero-order valence-corrected chi connectivity index (χ0v) is 20.0. The highest BCUT2D eigenvalue weighted by Crippen LogP contribution is 2.52. The lowest BCUT2D eigenvalue weighted by atomic mass is 9.72. The molecule has 0 aromatic heterocycles. The molecule has 7 atom stereocenters. The van der Waals surface area contributed by atoms with Gasteiger partial charge in [0.25, 0.3) is 0 Å². The Bertz CT molecular complexity index is 1360. The molecule has 11 nitrogen and oxygen atoms in total. The molecule has 202 valence electrons. The van der Waals surface area contributed by atoms with Gasteiger partial charge in [-0.15, -0.1) is 0 Å². The van der Waals surface area contributed by atoms with Crippen molar-refractivity contribution in [3.63, 3.8) is 0 Å². The summed E-state index contributed by atoms with van der Waals surface area (Å²) in [5.74, 6) is -4.20. The predicted octanol–water partition coefficient (Wildman–Crippen LogP) is -0.0257. The zero-order chi connectivity index (χ0) is 27.7. The molecule has 0 saturated carbocycles.